The van der Waals surface area contributed by atoms with Crippen LogP contribution in [0.15, 0.2) is 24.5 Å². The number of rotatable bonds is 2. The average Bonchev–Trinajstić information content (AvgIpc) is 2.56. The molecule has 0 bridgehead atoms. The first-order chi connectivity index (χ1) is 10.3. The summed E-state index contributed by atoms with van der Waals surface area (Å²) in [7, 11) is 0. The van der Waals surface area contributed by atoms with E-state index >= 15 is 0 Å². The molecule has 106 valence electrons. The van der Waals surface area contributed by atoms with E-state index in [1.165, 1.54) is 0 Å². The van der Waals surface area contributed by atoms with Gasteiger partial charge in [-0.2, -0.15) is 10.4 Å². The molecular weight excluding hydrogens is 266 g/mol. The van der Waals surface area contributed by atoms with Gasteiger partial charge in [-0.3, -0.25) is 0 Å². The molecule has 7 heteroatoms. The molecule has 0 aromatic carbocycles. The molecule has 0 saturated carbocycles. The van der Waals surface area contributed by atoms with Gasteiger partial charge in [-0.25, -0.2) is 9.97 Å². The Hall–Kier alpha value is -2.75. The molecule has 0 unspecified atom stereocenters. The maximum Gasteiger partial charge on any atom is 0.183 e. The van der Waals surface area contributed by atoms with Crippen molar-refractivity contribution in [3.8, 4) is 6.07 Å². The molecule has 21 heavy (non-hydrogen) atoms. The van der Waals surface area contributed by atoms with E-state index in [4.69, 9.17) is 5.26 Å². The number of hydrogen-bond donors (Lipinski definition) is 0. The molecule has 3 heterocycles. The van der Waals surface area contributed by atoms with E-state index in [0.29, 0.717) is 11.5 Å². The van der Waals surface area contributed by atoms with E-state index in [0.717, 1.165) is 37.7 Å². The van der Waals surface area contributed by atoms with Gasteiger partial charge in [-0.1, -0.05) is 0 Å². The summed E-state index contributed by atoms with van der Waals surface area (Å²) in [6.45, 7) is 5.12. The van der Waals surface area contributed by atoms with Crippen LogP contribution in [-0.4, -0.2) is 46.3 Å². The number of nitriles is 1. The molecule has 2 aromatic rings. The Kier molecular flexibility index (Phi) is 3.60. The molecule has 3 rings (SSSR count). The Morgan fingerprint density at radius 3 is 2.38 bits per heavy atom. The van der Waals surface area contributed by atoms with E-state index in [1.54, 1.807) is 12.4 Å². The number of aromatic nitrogens is 4. The van der Waals surface area contributed by atoms with Crippen molar-refractivity contribution in [1.82, 2.24) is 20.2 Å². The lowest BCUT2D eigenvalue weighted by Gasteiger charge is -2.35. The highest BCUT2D eigenvalue weighted by Gasteiger charge is 2.21. The highest BCUT2D eigenvalue weighted by Crippen LogP contribution is 2.18. The maximum absolute atomic E-state index is 9.10. The summed E-state index contributed by atoms with van der Waals surface area (Å²) < 4.78 is 0. The topological polar surface area (TPSA) is 81.8 Å². The van der Waals surface area contributed by atoms with E-state index in [2.05, 4.69) is 36.0 Å². The van der Waals surface area contributed by atoms with E-state index in [1.807, 2.05) is 19.1 Å². The minimum absolute atomic E-state index is 0.376. The largest absolute Gasteiger partial charge is 0.352 e. The third-order valence-electron chi connectivity index (χ3n) is 3.47. The predicted molar refractivity (Wildman–Crippen MR) is 77.9 cm³/mol. The normalized spacial score (nSPS) is 14.9. The number of piperazine rings is 1. The van der Waals surface area contributed by atoms with Gasteiger partial charge in [0.05, 0.1) is 5.69 Å². The van der Waals surface area contributed by atoms with Crippen LogP contribution in [-0.2, 0) is 0 Å². The van der Waals surface area contributed by atoms with Crippen molar-refractivity contribution in [2.24, 2.45) is 0 Å². The summed E-state index contributed by atoms with van der Waals surface area (Å²) >= 11 is 0. The lowest BCUT2D eigenvalue weighted by molar-refractivity contribution is 0.635. The molecule has 0 spiro atoms. The molecule has 0 N–H and O–H groups in total. The van der Waals surface area contributed by atoms with Gasteiger partial charge in [0.25, 0.3) is 0 Å². The number of aryl methyl sites for hydroxylation is 1. The van der Waals surface area contributed by atoms with Crippen molar-refractivity contribution in [2.45, 2.75) is 6.92 Å². The second-order valence-electron chi connectivity index (χ2n) is 4.85. The predicted octanol–water partition coefficient (Wildman–Crippen LogP) is 0.773. The fraction of sp³-hybridized carbons (Fsp3) is 0.357. The molecule has 0 radical (unpaired) electrons. The lowest BCUT2D eigenvalue weighted by Crippen LogP contribution is -2.47. The van der Waals surface area contributed by atoms with E-state index in [9.17, 15) is 0 Å². The van der Waals surface area contributed by atoms with Gasteiger partial charge in [0.2, 0.25) is 0 Å². The Morgan fingerprint density at radius 2 is 1.71 bits per heavy atom. The van der Waals surface area contributed by atoms with Crippen molar-refractivity contribution in [3.63, 3.8) is 0 Å². The van der Waals surface area contributed by atoms with Gasteiger partial charge < -0.3 is 9.80 Å². The van der Waals surface area contributed by atoms with Crippen LogP contribution in [0.3, 0.4) is 0 Å². The molecule has 1 aliphatic heterocycles. The standard InChI is InChI=1S/C14H15N7/c1-11-2-3-13(19-18-11)20-6-8-21(9-7-20)14-12(10-15)16-4-5-17-14/h2-5H,6-9H2,1H3. The molecular formula is C14H15N7. The van der Waals surface area contributed by atoms with Crippen molar-refractivity contribution in [1.29, 1.82) is 5.26 Å². The number of hydrogen-bond acceptors (Lipinski definition) is 7. The minimum atomic E-state index is 0.376. The number of nitrogens with zero attached hydrogens (tertiary/aromatic N) is 7. The summed E-state index contributed by atoms with van der Waals surface area (Å²) in [5.41, 5.74) is 1.29. The Morgan fingerprint density at radius 1 is 1.00 bits per heavy atom. The molecule has 0 amide bonds. The SMILES string of the molecule is Cc1ccc(N2CCN(c3nccnc3C#N)CC2)nn1. The van der Waals surface area contributed by atoms with Crippen LogP contribution in [0.2, 0.25) is 0 Å². The van der Waals surface area contributed by atoms with Crippen LogP contribution < -0.4 is 9.80 Å². The second kappa shape index (κ2) is 5.71. The zero-order valence-corrected chi connectivity index (χ0v) is 11.8. The van der Waals surface area contributed by atoms with E-state index in [-0.39, 0.29) is 0 Å². The summed E-state index contributed by atoms with van der Waals surface area (Å²) in [6, 6.07) is 6.04. The first-order valence-corrected chi connectivity index (χ1v) is 6.79. The summed E-state index contributed by atoms with van der Waals surface area (Å²) in [5.74, 6) is 1.55. The summed E-state index contributed by atoms with van der Waals surface area (Å²) in [4.78, 5) is 12.6. The Labute approximate surface area is 122 Å². The van der Waals surface area contributed by atoms with Crippen molar-refractivity contribution < 1.29 is 0 Å². The zero-order chi connectivity index (χ0) is 14.7. The monoisotopic (exact) mass is 281 g/mol. The molecule has 1 aliphatic rings. The third kappa shape index (κ3) is 2.74. The highest BCUT2D eigenvalue weighted by molar-refractivity contribution is 5.51. The van der Waals surface area contributed by atoms with Crippen LogP contribution >= 0.6 is 0 Å². The molecule has 1 fully saturated rings. The highest BCUT2D eigenvalue weighted by atomic mass is 15.3. The van der Waals surface area contributed by atoms with Crippen LogP contribution in [0.5, 0.6) is 0 Å². The van der Waals surface area contributed by atoms with Crippen molar-refractivity contribution >= 4 is 11.6 Å². The Bertz CT molecular complexity index is 654. The molecule has 0 aliphatic carbocycles. The molecule has 2 aromatic heterocycles. The second-order valence-corrected chi connectivity index (χ2v) is 4.85. The third-order valence-corrected chi connectivity index (χ3v) is 3.47. The summed E-state index contributed by atoms with van der Waals surface area (Å²) in [6.07, 6.45) is 3.16. The minimum Gasteiger partial charge on any atom is -0.352 e. The molecule has 7 nitrogen and oxygen atoms in total. The van der Waals surface area contributed by atoms with Gasteiger partial charge in [0, 0.05) is 38.6 Å². The molecule has 1 saturated heterocycles. The zero-order valence-electron chi connectivity index (χ0n) is 11.8. The van der Waals surface area contributed by atoms with Gasteiger partial charge >= 0.3 is 0 Å². The smallest absolute Gasteiger partial charge is 0.183 e. The number of anilines is 2. The fourth-order valence-corrected chi connectivity index (χ4v) is 2.35. The van der Waals surface area contributed by atoms with Crippen LogP contribution in [0.1, 0.15) is 11.4 Å². The van der Waals surface area contributed by atoms with Gasteiger partial charge in [0.15, 0.2) is 17.3 Å². The van der Waals surface area contributed by atoms with Gasteiger partial charge in [-0.15, -0.1) is 5.10 Å². The van der Waals surface area contributed by atoms with Gasteiger partial charge in [0.1, 0.15) is 6.07 Å². The van der Waals surface area contributed by atoms with Gasteiger partial charge in [-0.05, 0) is 19.1 Å². The first-order valence-electron chi connectivity index (χ1n) is 6.79. The van der Waals surface area contributed by atoms with Crippen molar-refractivity contribution in [3.05, 3.63) is 35.9 Å². The van der Waals surface area contributed by atoms with Crippen LogP contribution in [0, 0.1) is 18.3 Å². The fourth-order valence-electron chi connectivity index (χ4n) is 2.35. The Balaban J connectivity index is 1.70. The quantitative estimate of drug-likeness (QED) is 0.804. The molecule has 0 atom stereocenters. The average molecular weight is 281 g/mol. The lowest BCUT2D eigenvalue weighted by atomic mass is 10.3. The summed E-state index contributed by atoms with van der Waals surface area (Å²) in [5, 5.41) is 17.4. The first kappa shape index (κ1) is 13.2. The van der Waals surface area contributed by atoms with Crippen molar-refractivity contribution in [2.75, 3.05) is 36.0 Å². The van der Waals surface area contributed by atoms with Crippen LogP contribution in [0.25, 0.3) is 0 Å². The van der Waals surface area contributed by atoms with Crippen LogP contribution in [0.4, 0.5) is 11.6 Å². The maximum atomic E-state index is 9.10. The van der Waals surface area contributed by atoms with E-state index < -0.39 is 0 Å².